The highest BCUT2D eigenvalue weighted by atomic mass is 28.3. The highest BCUT2D eigenvalue weighted by Crippen LogP contribution is 2.18. The van der Waals surface area contributed by atoms with Crippen molar-refractivity contribution in [2.45, 2.75) is 32.4 Å². The largest absolute Gasteiger partial charge is 0.362 e. The molecule has 3 heteroatoms. The van der Waals surface area contributed by atoms with Crippen LogP contribution in [0.5, 0.6) is 0 Å². The first-order chi connectivity index (χ1) is 7.95. The molecule has 1 unspecified atom stereocenters. The quantitative estimate of drug-likeness (QED) is 0.571. The average molecular weight is 248 g/mol. The van der Waals surface area contributed by atoms with Crippen LogP contribution in [0.4, 0.5) is 0 Å². The summed E-state index contributed by atoms with van der Waals surface area (Å²) in [5, 5.41) is 0.948. The molecular weight excluding hydrogens is 228 g/mol. The smallest absolute Gasteiger partial charge is 0.152 e. The maximum atomic E-state index is 11.1. The van der Waals surface area contributed by atoms with Crippen molar-refractivity contribution >= 4 is 14.4 Å². The third-order valence-corrected chi connectivity index (χ3v) is 4.91. The molecule has 0 amide bonds. The van der Waals surface area contributed by atoms with Crippen LogP contribution >= 0.6 is 0 Å². The number of hydrogen-bond donors (Lipinski definition) is 0. The molecule has 0 saturated heterocycles. The Kier molecular flexibility index (Phi) is 4.84. The van der Waals surface area contributed by atoms with E-state index in [1.54, 1.807) is 0 Å². The first-order valence-electron chi connectivity index (χ1n) is 5.75. The van der Waals surface area contributed by atoms with E-state index < -0.39 is 14.2 Å². The van der Waals surface area contributed by atoms with Crippen molar-refractivity contribution < 1.29 is 9.53 Å². The molecule has 0 spiro atoms. The third kappa shape index (κ3) is 4.28. The topological polar surface area (TPSA) is 26.3 Å². The predicted molar refractivity (Wildman–Crippen MR) is 73.6 cm³/mol. The molecule has 2 nitrogen and oxygen atoms in total. The lowest BCUT2D eigenvalue weighted by atomic mass is 10.2. The van der Waals surface area contributed by atoms with Crippen LogP contribution in [0.25, 0.3) is 0 Å². The summed E-state index contributed by atoms with van der Waals surface area (Å²) >= 11 is 0. The van der Waals surface area contributed by atoms with Crippen molar-refractivity contribution in [3.63, 3.8) is 0 Å². The number of carbonyl (C=O) groups is 1. The molecule has 1 atom stereocenters. The van der Waals surface area contributed by atoms with Gasteiger partial charge in [-0.15, -0.1) is 6.58 Å². The van der Waals surface area contributed by atoms with Gasteiger partial charge in [-0.05, 0) is 5.56 Å². The Morgan fingerprint density at radius 1 is 1.35 bits per heavy atom. The zero-order valence-electron chi connectivity index (χ0n) is 10.8. The lowest BCUT2D eigenvalue weighted by Gasteiger charge is -2.24. The van der Waals surface area contributed by atoms with E-state index in [4.69, 9.17) is 4.74 Å². The van der Waals surface area contributed by atoms with Gasteiger partial charge in [0.15, 0.2) is 6.29 Å². The number of carbonyl (C=O) groups excluding carboxylic acids is 1. The van der Waals surface area contributed by atoms with E-state index in [1.165, 1.54) is 0 Å². The van der Waals surface area contributed by atoms with Crippen LogP contribution in [0.2, 0.25) is 19.6 Å². The van der Waals surface area contributed by atoms with Crippen LogP contribution in [0.3, 0.4) is 0 Å². The standard InChI is InChI=1S/C14H20O2Si/c1-12(17(2,3)4)14(10-15)16-11-13-8-6-5-7-9-13/h5-10,14H,1,11H2,2-4H3. The van der Waals surface area contributed by atoms with E-state index in [2.05, 4.69) is 26.2 Å². The fraction of sp³-hybridized carbons (Fsp3) is 0.357. The first kappa shape index (κ1) is 13.9. The SMILES string of the molecule is C=C(C(C=O)OCc1ccccc1)[Si](C)(C)C. The van der Waals surface area contributed by atoms with Crippen molar-refractivity contribution in [3.05, 3.63) is 47.7 Å². The second-order valence-corrected chi connectivity index (χ2v) is 10.3. The number of aldehydes is 1. The van der Waals surface area contributed by atoms with Crippen molar-refractivity contribution in [2.75, 3.05) is 0 Å². The van der Waals surface area contributed by atoms with Gasteiger partial charge in [-0.1, -0.05) is 55.2 Å². The molecule has 0 bridgehead atoms. The minimum Gasteiger partial charge on any atom is -0.362 e. The minimum atomic E-state index is -1.53. The summed E-state index contributed by atoms with van der Waals surface area (Å²) in [5.74, 6) is 0. The van der Waals surface area contributed by atoms with E-state index in [0.717, 1.165) is 17.0 Å². The third-order valence-electron chi connectivity index (χ3n) is 2.70. The zero-order valence-corrected chi connectivity index (χ0v) is 11.8. The van der Waals surface area contributed by atoms with Crippen molar-refractivity contribution in [2.24, 2.45) is 0 Å². The maximum Gasteiger partial charge on any atom is 0.152 e. The molecule has 1 rings (SSSR count). The minimum absolute atomic E-state index is 0.452. The first-order valence-corrected chi connectivity index (χ1v) is 9.25. The molecule has 1 aromatic rings. The fourth-order valence-corrected chi connectivity index (χ4v) is 2.41. The lowest BCUT2D eigenvalue weighted by molar-refractivity contribution is -0.116. The van der Waals surface area contributed by atoms with Crippen LogP contribution < -0.4 is 0 Å². The molecule has 0 radical (unpaired) electrons. The van der Waals surface area contributed by atoms with Gasteiger partial charge in [-0.3, -0.25) is 0 Å². The van der Waals surface area contributed by atoms with Crippen LogP contribution in [-0.4, -0.2) is 20.5 Å². The molecule has 0 aromatic heterocycles. The summed E-state index contributed by atoms with van der Waals surface area (Å²) in [6, 6.07) is 9.85. The lowest BCUT2D eigenvalue weighted by Crippen LogP contribution is -2.33. The van der Waals surface area contributed by atoms with Gasteiger partial charge in [0.2, 0.25) is 0 Å². The Morgan fingerprint density at radius 3 is 2.41 bits per heavy atom. The normalized spacial score (nSPS) is 13.1. The fourth-order valence-electron chi connectivity index (χ4n) is 1.41. The van der Waals surface area contributed by atoms with Gasteiger partial charge < -0.3 is 9.53 Å². The summed E-state index contributed by atoms with van der Waals surface area (Å²) in [4.78, 5) is 11.1. The Bertz CT molecular complexity index is 379. The summed E-state index contributed by atoms with van der Waals surface area (Å²) in [7, 11) is -1.53. The molecule has 17 heavy (non-hydrogen) atoms. The van der Waals surface area contributed by atoms with Crippen LogP contribution in [0.15, 0.2) is 42.1 Å². The predicted octanol–water partition coefficient (Wildman–Crippen LogP) is 3.20. The second-order valence-electron chi connectivity index (χ2n) is 5.13. The van der Waals surface area contributed by atoms with Gasteiger partial charge >= 0.3 is 0 Å². The van der Waals surface area contributed by atoms with E-state index in [-0.39, 0.29) is 0 Å². The van der Waals surface area contributed by atoms with Gasteiger partial charge in [-0.25, -0.2) is 0 Å². The molecule has 92 valence electrons. The summed E-state index contributed by atoms with van der Waals surface area (Å²) in [6.45, 7) is 11.0. The van der Waals surface area contributed by atoms with Crippen molar-refractivity contribution in [1.29, 1.82) is 0 Å². The monoisotopic (exact) mass is 248 g/mol. The summed E-state index contributed by atoms with van der Waals surface area (Å²) in [5.41, 5.74) is 1.07. The zero-order chi connectivity index (χ0) is 12.9. The highest BCUT2D eigenvalue weighted by Gasteiger charge is 2.25. The summed E-state index contributed by atoms with van der Waals surface area (Å²) < 4.78 is 5.63. The van der Waals surface area contributed by atoms with Gasteiger partial charge in [0.05, 0.1) is 14.7 Å². The highest BCUT2D eigenvalue weighted by molar-refractivity contribution is 6.83. The molecule has 0 N–H and O–H groups in total. The molecule has 0 aliphatic rings. The van der Waals surface area contributed by atoms with Gasteiger partial charge in [-0.2, -0.15) is 0 Å². The van der Waals surface area contributed by atoms with Crippen molar-refractivity contribution in [1.82, 2.24) is 0 Å². The van der Waals surface area contributed by atoms with E-state index in [9.17, 15) is 4.79 Å². The van der Waals surface area contributed by atoms with Crippen LogP contribution in [0.1, 0.15) is 5.56 Å². The number of hydrogen-bond acceptors (Lipinski definition) is 2. The molecule has 0 heterocycles. The Morgan fingerprint density at radius 2 is 1.94 bits per heavy atom. The van der Waals surface area contributed by atoms with Crippen molar-refractivity contribution in [3.8, 4) is 0 Å². The van der Waals surface area contributed by atoms with E-state index in [0.29, 0.717) is 6.61 Å². The second kappa shape index (κ2) is 5.94. The maximum absolute atomic E-state index is 11.1. The average Bonchev–Trinajstić information content (AvgIpc) is 2.30. The molecule has 0 saturated carbocycles. The van der Waals surface area contributed by atoms with Crippen LogP contribution in [-0.2, 0) is 16.1 Å². The molecule has 0 fully saturated rings. The number of ether oxygens (including phenoxy) is 1. The molecule has 0 aliphatic carbocycles. The van der Waals surface area contributed by atoms with E-state index in [1.807, 2.05) is 30.3 Å². The Hall–Kier alpha value is -1.19. The molecular formula is C14H20O2Si. The van der Waals surface area contributed by atoms with Crippen LogP contribution in [0, 0.1) is 0 Å². The van der Waals surface area contributed by atoms with Gasteiger partial charge in [0, 0.05) is 0 Å². The van der Waals surface area contributed by atoms with E-state index >= 15 is 0 Å². The Labute approximate surface area is 104 Å². The molecule has 0 aliphatic heterocycles. The summed E-state index contributed by atoms with van der Waals surface area (Å²) in [6.07, 6.45) is 0.380. The van der Waals surface area contributed by atoms with Gasteiger partial charge in [0.25, 0.3) is 0 Å². The van der Waals surface area contributed by atoms with Gasteiger partial charge in [0.1, 0.15) is 6.10 Å². The number of rotatable bonds is 6. The Balaban J connectivity index is 2.60. The molecule has 1 aromatic carbocycles. The number of benzene rings is 1.